The molecule has 1 aromatic heterocycles. The summed E-state index contributed by atoms with van der Waals surface area (Å²) < 4.78 is 6.71. The fraction of sp³-hybridized carbons (Fsp3) is 0.0476. The minimum absolute atomic E-state index is 0.359. The van der Waals surface area contributed by atoms with Crippen LogP contribution >= 0.6 is 22.9 Å². The molecule has 0 bridgehead atoms. The molecule has 1 N–H and O–H groups in total. The first-order chi connectivity index (χ1) is 13.1. The predicted octanol–water partition coefficient (Wildman–Crippen LogP) is 5.66. The molecule has 27 heavy (non-hydrogen) atoms. The van der Waals surface area contributed by atoms with E-state index in [1.807, 2.05) is 18.2 Å². The van der Waals surface area contributed by atoms with Gasteiger partial charge in [0, 0.05) is 10.6 Å². The van der Waals surface area contributed by atoms with Crippen molar-refractivity contribution >= 4 is 38.9 Å². The van der Waals surface area contributed by atoms with Gasteiger partial charge in [-0.05, 0) is 48.0 Å². The lowest BCUT2D eigenvalue weighted by Crippen LogP contribution is -2.12. The van der Waals surface area contributed by atoms with Crippen molar-refractivity contribution < 1.29 is 14.6 Å². The van der Waals surface area contributed by atoms with Crippen molar-refractivity contribution in [2.75, 3.05) is 0 Å². The summed E-state index contributed by atoms with van der Waals surface area (Å²) in [4.78, 5) is 16.9. The average Bonchev–Trinajstić information content (AvgIpc) is 3.09. The van der Waals surface area contributed by atoms with Crippen LogP contribution in [0.5, 0.6) is 10.9 Å². The SMILES string of the molecule is O=C(c1ccc(Oc2nc3ccc(Cl)cc3s2)cc1)C(O)c1ccccc1. The first-order valence-corrected chi connectivity index (χ1v) is 9.41. The molecule has 0 fully saturated rings. The molecule has 0 aliphatic rings. The smallest absolute Gasteiger partial charge is 0.279 e. The van der Waals surface area contributed by atoms with Gasteiger partial charge in [0.2, 0.25) is 0 Å². The van der Waals surface area contributed by atoms with E-state index in [0.29, 0.717) is 27.1 Å². The third-order valence-electron chi connectivity index (χ3n) is 4.04. The molecule has 4 rings (SSSR count). The van der Waals surface area contributed by atoms with Gasteiger partial charge in [0.25, 0.3) is 5.19 Å². The zero-order valence-corrected chi connectivity index (χ0v) is 15.6. The fourth-order valence-electron chi connectivity index (χ4n) is 2.65. The number of aromatic nitrogens is 1. The predicted molar refractivity (Wildman–Crippen MR) is 107 cm³/mol. The summed E-state index contributed by atoms with van der Waals surface area (Å²) in [5.74, 6) is 0.202. The van der Waals surface area contributed by atoms with Crippen LogP contribution in [-0.2, 0) is 0 Å². The highest BCUT2D eigenvalue weighted by Gasteiger charge is 2.19. The Morgan fingerprint density at radius 3 is 2.52 bits per heavy atom. The van der Waals surface area contributed by atoms with E-state index in [-0.39, 0.29) is 5.78 Å². The summed E-state index contributed by atoms with van der Waals surface area (Å²) in [6, 6.07) is 21.0. The van der Waals surface area contributed by atoms with Crippen molar-refractivity contribution in [3.63, 3.8) is 0 Å². The maximum atomic E-state index is 12.5. The Morgan fingerprint density at radius 1 is 1.04 bits per heavy atom. The number of rotatable bonds is 5. The van der Waals surface area contributed by atoms with Crippen LogP contribution in [0.4, 0.5) is 0 Å². The number of thiazole rings is 1. The van der Waals surface area contributed by atoms with Gasteiger partial charge in [-0.25, -0.2) is 4.98 Å². The summed E-state index contributed by atoms with van der Waals surface area (Å²) in [6.07, 6.45) is -1.19. The first kappa shape index (κ1) is 17.7. The zero-order valence-electron chi connectivity index (χ0n) is 14.0. The Morgan fingerprint density at radius 2 is 1.78 bits per heavy atom. The molecule has 0 aliphatic heterocycles. The van der Waals surface area contributed by atoms with Gasteiger partial charge < -0.3 is 9.84 Å². The van der Waals surface area contributed by atoms with Gasteiger partial charge in [-0.3, -0.25) is 4.79 Å². The number of Topliss-reactive ketones (excluding diaryl/α,β-unsaturated/α-hetero) is 1. The number of carbonyl (C=O) groups is 1. The van der Waals surface area contributed by atoms with Gasteiger partial charge in [0.1, 0.15) is 11.9 Å². The number of aliphatic hydroxyl groups is 1. The molecule has 1 heterocycles. The highest BCUT2D eigenvalue weighted by atomic mass is 35.5. The fourth-order valence-corrected chi connectivity index (χ4v) is 3.76. The molecule has 0 amide bonds. The zero-order chi connectivity index (χ0) is 18.8. The maximum Gasteiger partial charge on any atom is 0.279 e. The third kappa shape index (κ3) is 3.85. The molecule has 0 aliphatic carbocycles. The van der Waals surface area contributed by atoms with Gasteiger partial charge in [-0.2, -0.15) is 0 Å². The maximum absolute atomic E-state index is 12.5. The van der Waals surface area contributed by atoms with Crippen LogP contribution in [0, 0.1) is 0 Å². The van der Waals surface area contributed by atoms with Gasteiger partial charge in [-0.1, -0.05) is 53.3 Å². The molecule has 0 radical (unpaired) electrons. The van der Waals surface area contributed by atoms with Crippen LogP contribution in [0.15, 0.2) is 72.8 Å². The van der Waals surface area contributed by atoms with E-state index >= 15 is 0 Å². The molecule has 0 saturated carbocycles. The van der Waals surface area contributed by atoms with Gasteiger partial charge in [0.15, 0.2) is 5.78 Å². The van der Waals surface area contributed by atoms with E-state index in [1.54, 1.807) is 54.6 Å². The Kier molecular flexibility index (Phi) is 4.90. The number of aliphatic hydroxyl groups excluding tert-OH is 1. The molecular weight excluding hydrogens is 382 g/mol. The molecule has 6 heteroatoms. The minimum Gasteiger partial charge on any atom is -0.431 e. The number of hydrogen-bond acceptors (Lipinski definition) is 5. The number of benzene rings is 3. The molecule has 1 unspecified atom stereocenters. The molecule has 4 nitrogen and oxygen atoms in total. The lowest BCUT2D eigenvalue weighted by Gasteiger charge is -2.10. The molecule has 0 spiro atoms. The summed E-state index contributed by atoms with van der Waals surface area (Å²) in [7, 11) is 0. The summed E-state index contributed by atoms with van der Waals surface area (Å²) in [5.41, 5.74) is 1.79. The van der Waals surface area contributed by atoms with Crippen molar-refractivity contribution in [3.8, 4) is 10.9 Å². The van der Waals surface area contributed by atoms with Crippen LogP contribution in [0.3, 0.4) is 0 Å². The topological polar surface area (TPSA) is 59.4 Å². The molecular formula is C21H14ClNO3S. The average molecular weight is 396 g/mol. The number of halogens is 1. The van der Waals surface area contributed by atoms with E-state index < -0.39 is 6.10 Å². The standard InChI is InChI=1S/C21H14ClNO3S/c22-15-8-11-17-18(12-15)27-21(23-17)26-16-9-6-14(7-10-16)20(25)19(24)13-4-2-1-3-5-13/h1-12,19,24H. The number of ketones is 1. The van der Waals surface area contributed by atoms with E-state index in [9.17, 15) is 9.90 Å². The summed E-state index contributed by atoms with van der Waals surface area (Å²) >= 11 is 7.38. The lowest BCUT2D eigenvalue weighted by molar-refractivity contribution is 0.0747. The van der Waals surface area contributed by atoms with E-state index in [0.717, 1.165) is 10.2 Å². The number of hydrogen-bond donors (Lipinski definition) is 1. The first-order valence-electron chi connectivity index (χ1n) is 8.21. The van der Waals surface area contributed by atoms with Crippen LogP contribution in [0.25, 0.3) is 10.2 Å². The van der Waals surface area contributed by atoms with E-state index in [1.165, 1.54) is 11.3 Å². The second-order valence-electron chi connectivity index (χ2n) is 5.90. The monoisotopic (exact) mass is 395 g/mol. The Balaban J connectivity index is 1.50. The quantitative estimate of drug-likeness (QED) is 0.443. The van der Waals surface area contributed by atoms with Crippen LogP contribution < -0.4 is 4.74 Å². The van der Waals surface area contributed by atoms with Crippen molar-refractivity contribution in [2.24, 2.45) is 0 Å². The van der Waals surface area contributed by atoms with E-state index in [2.05, 4.69) is 4.98 Å². The minimum atomic E-state index is -1.19. The molecule has 0 saturated heterocycles. The highest BCUT2D eigenvalue weighted by Crippen LogP contribution is 2.33. The second kappa shape index (κ2) is 7.48. The van der Waals surface area contributed by atoms with Crippen LogP contribution in [0.1, 0.15) is 22.0 Å². The van der Waals surface area contributed by atoms with Gasteiger partial charge >= 0.3 is 0 Å². The largest absolute Gasteiger partial charge is 0.431 e. The van der Waals surface area contributed by atoms with Crippen LogP contribution in [0.2, 0.25) is 5.02 Å². The molecule has 4 aromatic rings. The Labute approximate surface area is 164 Å². The van der Waals surface area contributed by atoms with Crippen molar-refractivity contribution in [3.05, 3.63) is 88.9 Å². The Hall–Kier alpha value is -2.73. The molecule has 134 valence electrons. The Bertz CT molecular complexity index is 1090. The van der Waals surface area contributed by atoms with Crippen molar-refractivity contribution in [1.82, 2.24) is 4.98 Å². The normalized spacial score (nSPS) is 12.1. The molecule has 1 atom stereocenters. The number of nitrogens with zero attached hydrogens (tertiary/aromatic N) is 1. The summed E-state index contributed by atoms with van der Waals surface area (Å²) in [6.45, 7) is 0. The molecule has 3 aromatic carbocycles. The number of carbonyl (C=O) groups excluding carboxylic acids is 1. The third-order valence-corrected chi connectivity index (χ3v) is 5.17. The lowest BCUT2D eigenvalue weighted by atomic mass is 10.00. The number of ether oxygens (including phenoxy) is 1. The van der Waals surface area contributed by atoms with Gasteiger partial charge in [0.05, 0.1) is 10.2 Å². The summed E-state index contributed by atoms with van der Waals surface area (Å²) in [5, 5.41) is 11.4. The van der Waals surface area contributed by atoms with E-state index in [4.69, 9.17) is 16.3 Å². The number of fused-ring (bicyclic) bond motifs is 1. The van der Waals surface area contributed by atoms with Crippen molar-refractivity contribution in [1.29, 1.82) is 0 Å². The van der Waals surface area contributed by atoms with Crippen LogP contribution in [-0.4, -0.2) is 15.9 Å². The second-order valence-corrected chi connectivity index (χ2v) is 7.33. The van der Waals surface area contributed by atoms with Gasteiger partial charge in [-0.15, -0.1) is 0 Å². The highest BCUT2D eigenvalue weighted by molar-refractivity contribution is 7.20. The van der Waals surface area contributed by atoms with Crippen molar-refractivity contribution in [2.45, 2.75) is 6.10 Å².